The first kappa shape index (κ1) is 19.6. The minimum absolute atomic E-state index is 0.0907. The minimum atomic E-state index is -0.199. The van der Waals surface area contributed by atoms with Crippen molar-refractivity contribution in [3.63, 3.8) is 0 Å². The van der Waals surface area contributed by atoms with Crippen LogP contribution in [0.4, 0.5) is 10.8 Å². The van der Waals surface area contributed by atoms with Crippen LogP contribution in [0.25, 0.3) is 0 Å². The number of rotatable bonds is 8. The van der Waals surface area contributed by atoms with Crippen molar-refractivity contribution in [2.75, 3.05) is 17.2 Å². The molecule has 2 N–H and O–H groups in total. The molecule has 0 fully saturated rings. The lowest BCUT2D eigenvalue weighted by atomic mass is 10.2. The Morgan fingerprint density at radius 3 is 2.50 bits per heavy atom. The number of aromatic nitrogens is 1. The van der Waals surface area contributed by atoms with Gasteiger partial charge in [-0.15, -0.1) is 11.3 Å². The van der Waals surface area contributed by atoms with Crippen molar-refractivity contribution in [2.24, 2.45) is 0 Å². The van der Waals surface area contributed by atoms with Crippen molar-refractivity contribution in [1.82, 2.24) is 4.98 Å². The topological polar surface area (TPSA) is 80.3 Å². The number of nitrogens with one attached hydrogen (secondary N) is 2. The largest absolute Gasteiger partial charge is 0.494 e. The van der Waals surface area contributed by atoms with E-state index in [4.69, 9.17) is 4.74 Å². The summed E-state index contributed by atoms with van der Waals surface area (Å²) in [6, 6.07) is 16.2. The molecule has 0 saturated heterocycles. The average Bonchev–Trinajstić information content (AvgIpc) is 3.16. The lowest BCUT2D eigenvalue weighted by molar-refractivity contribution is -0.116. The van der Waals surface area contributed by atoms with Gasteiger partial charge in [-0.2, -0.15) is 0 Å². The monoisotopic (exact) mass is 395 g/mol. The van der Waals surface area contributed by atoms with Gasteiger partial charge in [-0.3, -0.25) is 14.9 Å². The Kier molecular flexibility index (Phi) is 6.75. The van der Waals surface area contributed by atoms with Crippen molar-refractivity contribution >= 4 is 34.0 Å². The summed E-state index contributed by atoms with van der Waals surface area (Å²) in [5.41, 5.74) is 2.08. The fourth-order valence-electron chi connectivity index (χ4n) is 2.50. The second-order valence-electron chi connectivity index (χ2n) is 5.97. The highest BCUT2D eigenvalue weighted by molar-refractivity contribution is 7.14. The van der Waals surface area contributed by atoms with Gasteiger partial charge in [0.1, 0.15) is 5.75 Å². The zero-order chi connectivity index (χ0) is 19.8. The van der Waals surface area contributed by atoms with Crippen LogP contribution in [0.2, 0.25) is 0 Å². The molecule has 144 valence electrons. The lowest BCUT2D eigenvalue weighted by Crippen LogP contribution is -2.13. The van der Waals surface area contributed by atoms with Gasteiger partial charge in [-0.1, -0.05) is 18.2 Å². The number of hydrogen-bond donors (Lipinski definition) is 2. The molecule has 3 rings (SSSR count). The Bertz CT molecular complexity index is 924. The Labute approximate surface area is 167 Å². The first-order valence-electron chi connectivity index (χ1n) is 8.97. The van der Waals surface area contributed by atoms with Crippen LogP contribution in [-0.4, -0.2) is 23.4 Å². The molecule has 0 aliphatic heterocycles. The maximum atomic E-state index is 12.1. The number of hydrogen-bond acceptors (Lipinski definition) is 5. The quantitative estimate of drug-likeness (QED) is 0.594. The van der Waals surface area contributed by atoms with Gasteiger partial charge in [0.2, 0.25) is 5.91 Å². The molecule has 1 aromatic heterocycles. The molecule has 0 unspecified atom stereocenters. The van der Waals surface area contributed by atoms with E-state index in [2.05, 4.69) is 15.6 Å². The molecular weight excluding hydrogens is 374 g/mol. The summed E-state index contributed by atoms with van der Waals surface area (Å²) in [6.07, 6.45) is 0.809. The van der Waals surface area contributed by atoms with E-state index in [1.165, 1.54) is 11.3 Å². The first-order valence-corrected chi connectivity index (χ1v) is 9.85. The first-order chi connectivity index (χ1) is 13.6. The van der Waals surface area contributed by atoms with E-state index < -0.39 is 0 Å². The van der Waals surface area contributed by atoms with Crippen LogP contribution in [0, 0.1) is 0 Å². The third-order valence-corrected chi connectivity index (χ3v) is 4.67. The lowest BCUT2D eigenvalue weighted by Gasteiger charge is -2.06. The summed E-state index contributed by atoms with van der Waals surface area (Å²) in [5, 5.41) is 8.01. The van der Waals surface area contributed by atoms with Gasteiger partial charge in [-0.25, -0.2) is 4.98 Å². The van der Waals surface area contributed by atoms with Crippen LogP contribution in [0.3, 0.4) is 0 Å². The van der Waals surface area contributed by atoms with Gasteiger partial charge < -0.3 is 10.1 Å². The van der Waals surface area contributed by atoms with Gasteiger partial charge in [0.15, 0.2) is 5.13 Å². The molecule has 0 aliphatic carbocycles. The molecule has 0 bridgehead atoms. The van der Waals surface area contributed by atoms with Crippen molar-refractivity contribution in [2.45, 2.75) is 19.8 Å². The Hall–Kier alpha value is -3.19. The minimum Gasteiger partial charge on any atom is -0.494 e. The summed E-state index contributed by atoms with van der Waals surface area (Å²) < 4.78 is 5.38. The van der Waals surface area contributed by atoms with E-state index in [9.17, 15) is 9.59 Å². The molecule has 1 heterocycles. The van der Waals surface area contributed by atoms with Crippen molar-refractivity contribution < 1.29 is 14.3 Å². The summed E-state index contributed by atoms with van der Waals surface area (Å²) in [4.78, 5) is 28.6. The highest BCUT2D eigenvalue weighted by Crippen LogP contribution is 2.19. The molecule has 2 aromatic carbocycles. The fraction of sp³-hybridized carbons (Fsp3) is 0.190. The zero-order valence-corrected chi connectivity index (χ0v) is 16.3. The number of thiazole rings is 1. The predicted molar refractivity (Wildman–Crippen MR) is 111 cm³/mol. The summed E-state index contributed by atoms with van der Waals surface area (Å²) in [7, 11) is 0. The standard InChI is InChI=1S/C21H21N3O3S/c1-2-27-18-11-8-16(9-12-18)22-19(25)13-10-17-14-28-21(23-17)24-20(26)15-6-4-3-5-7-15/h3-9,11-12,14H,2,10,13H2,1H3,(H,22,25)(H,23,24,26). The van der Waals surface area contributed by atoms with Gasteiger partial charge >= 0.3 is 0 Å². The van der Waals surface area contributed by atoms with Gasteiger partial charge in [0.05, 0.1) is 12.3 Å². The number of nitrogens with zero attached hydrogens (tertiary/aromatic N) is 1. The third-order valence-electron chi connectivity index (χ3n) is 3.87. The summed E-state index contributed by atoms with van der Waals surface area (Å²) in [5.74, 6) is 0.481. The predicted octanol–water partition coefficient (Wildman–Crippen LogP) is 4.37. The number of carbonyl (C=O) groups is 2. The number of anilines is 2. The normalized spacial score (nSPS) is 10.3. The molecule has 0 saturated carbocycles. The van der Waals surface area contributed by atoms with Crippen molar-refractivity contribution in [3.05, 3.63) is 71.2 Å². The second kappa shape index (κ2) is 9.66. The summed E-state index contributed by atoms with van der Waals surface area (Å²) in [6.45, 7) is 2.53. The van der Waals surface area contributed by atoms with E-state index in [0.29, 0.717) is 30.1 Å². The zero-order valence-electron chi connectivity index (χ0n) is 15.5. The van der Waals surface area contributed by atoms with Gasteiger partial charge in [0, 0.05) is 23.1 Å². The molecule has 0 atom stereocenters. The SMILES string of the molecule is CCOc1ccc(NC(=O)CCc2csc(NC(=O)c3ccccc3)n2)cc1. The van der Waals surface area contributed by atoms with Crippen LogP contribution in [-0.2, 0) is 11.2 Å². The molecule has 2 amide bonds. The van der Waals surface area contributed by atoms with Crippen LogP contribution in [0.5, 0.6) is 5.75 Å². The molecule has 0 radical (unpaired) electrons. The number of amides is 2. The van der Waals surface area contributed by atoms with Crippen LogP contribution >= 0.6 is 11.3 Å². The molecule has 0 spiro atoms. The van der Waals surface area contributed by atoms with Gasteiger partial charge in [-0.05, 0) is 49.7 Å². The number of carbonyl (C=O) groups excluding carboxylic acids is 2. The van der Waals surface area contributed by atoms with Crippen LogP contribution in [0.15, 0.2) is 60.0 Å². The molecule has 7 heteroatoms. The average molecular weight is 395 g/mol. The Morgan fingerprint density at radius 2 is 1.79 bits per heavy atom. The Balaban J connectivity index is 1.47. The smallest absolute Gasteiger partial charge is 0.257 e. The number of ether oxygens (including phenoxy) is 1. The highest BCUT2D eigenvalue weighted by atomic mass is 32.1. The van der Waals surface area contributed by atoms with E-state index in [1.54, 1.807) is 12.1 Å². The van der Waals surface area contributed by atoms with Crippen molar-refractivity contribution in [1.29, 1.82) is 0 Å². The number of benzene rings is 2. The van der Waals surface area contributed by atoms with E-state index in [-0.39, 0.29) is 11.8 Å². The summed E-state index contributed by atoms with van der Waals surface area (Å²) >= 11 is 1.35. The van der Waals surface area contributed by atoms with Crippen LogP contribution in [0.1, 0.15) is 29.4 Å². The highest BCUT2D eigenvalue weighted by Gasteiger charge is 2.10. The maximum absolute atomic E-state index is 12.1. The Morgan fingerprint density at radius 1 is 1.04 bits per heavy atom. The third kappa shape index (κ3) is 5.65. The van der Waals surface area contributed by atoms with Crippen molar-refractivity contribution in [3.8, 4) is 5.75 Å². The molecule has 28 heavy (non-hydrogen) atoms. The van der Waals surface area contributed by atoms with E-state index in [1.807, 2.05) is 54.8 Å². The second-order valence-corrected chi connectivity index (χ2v) is 6.83. The number of aryl methyl sites for hydroxylation is 1. The van der Waals surface area contributed by atoms with Crippen LogP contribution < -0.4 is 15.4 Å². The van der Waals surface area contributed by atoms with E-state index >= 15 is 0 Å². The molecule has 0 aliphatic rings. The fourth-order valence-corrected chi connectivity index (χ4v) is 3.24. The maximum Gasteiger partial charge on any atom is 0.257 e. The van der Waals surface area contributed by atoms with Gasteiger partial charge in [0.25, 0.3) is 5.91 Å². The molecule has 3 aromatic rings. The molecular formula is C21H21N3O3S. The molecule has 6 nitrogen and oxygen atoms in total. The van der Waals surface area contributed by atoms with E-state index in [0.717, 1.165) is 17.1 Å².